The number of alkyl halides is 3. The zero-order valence-corrected chi connectivity index (χ0v) is 12.8. The number of halogens is 4. The van der Waals surface area contributed by atoms with Gasteiger partial charge in [0, 0.05) is 18.1 Å². The van der Waals surface area contributed by atoms with Crippen molar-refractivity contribution in [2.75, 3.05) is 0 Å². The normalized spacial score (nSPS) is 10.9. The van der Waals surface area contributed by atoms with Crippen LogP contribution in [0.4, 0.5) is 13.2 Å². The fourth-order valence-corrected chi connectivity index (χ4v) is 2.78. The van der Waals surface area contributed by atoms with Gasteiger partial charge in [-0.05, 0) is 12.1 Å². The summed E-state index contributed by atoms with van der Waals surface area (Å²) >= 11 is 6.92. The van der Waals surface area contributed by atoms with Crippen LogP contribution in [0, 0.1) is 22.7 Å². The monoisotopic (exact) mass is 354 g/mol. The summed E-state index contributed by atoms with van der Waals surface area (Å²) < 4.78 is 37.6. The molecule has 0 aliphatic heterocycles. The van der Waals surface area contributed by atoms with Crippen LogP contribution in [0.3, 0.4) is 0 Å². The molecule has 23 heavy (non-hydrogen) atoms. The molecule has 0 aromatic carbocycles. The predicted molar refractivity (Wildman–Crippen MR) is 77.5 cm³/mol. The Hall–Kier alpha value is -2.29. The van der Waals surface area contributed by atoms with Crippen LogP contribution < -0.4 is 0 Å². The lowest BCUT2D eigenvalue weighted by Gasteiger charge is -2.09. The van der Waals surface area contributed by atoms with Crippen LogP contribution in [0.5, 0.6) is 0 Å². The first-order valence-electron chi connectivity index (χ1n) is 6.00. The molecule has 0 saturated heterocycles. The summed E-state index contributed by atoms with van der Waals surface area (Å²) in [6.45, 7) is 0. The van der Waals surface area contributed by atoms with Gasteiger partial charge in [-0.3, -0.25) is 4.98 Å². The Kier molecular flexibility index (Phi) is 5.09. The molecule has 0 fully saturated rings. The third kappa shape index (κ3) is 4.13. The Morgan fingerprint density at radius 2 is 1.87 bits per heavy atom. The van der Waals surface area contributed by atoms with E-state index in [0.717, 1.165) is 17.8 Å². The minimum absolute atomic E-state index is 0.112. The van der Waals surface area contributed by atoms with E-state index in [0.29, 0.717) is 11.2 Å². The highest BCUT2D eigenvalue weighted by Gasteiger charge is 2.31. The van der Waals surface area contributed by atoms with Crippen molar-refractivity contribution in [1.82, 2.24) is 9.97 Å². The first kappa shape index (κ1) is 17.1. The number of aromatic nitrogens is 2. The number of nitrogens with zero attached hydrogens (tertiary/aromatic N) is 4. The van der Waals surface area contributed by atoms with Crippen LogP contribution in [0.15, 0.2) is 29.6 Å². The number of nitriles is 2. The Balaban J connectivity index is 2.19. The average molecular weight is 355 g/mol. The van der Waals surface area contributed by atoms with Gasteiger partial charge in [-0.1, -0.05) is 23.4 Å². The van der Waals surface area contributed by atoms with Crippen molar-refractivity contribution in [1.29, 1.82) is 10.5 Å². The molecule has 2 rings (SSSR count). The van der Waals surface area contributed by atoms with Crippen LogP contribution >= 0.6 is 23.4 Å². The maximum absolute atomic E-state index is 12.5. The molecule has 9 heteroatoms. The van der Waals surface area contributed by atoms with E-state index in [1.807, 2.05) is 12.1 Å². The molecule has 0 saturated carbocycles. The van der Waals surface area contributed by atoms with E-state index in [1.165, 1.54) is 12.3 Å². The summed E-state index contributed by atoms with van der Waals surface area (Å²) in [4.78, 5) is 7.70. The van der Waals surface area contributed by atoms with Crippen molar-refractivity contribution >= 4 is 23.4 Å². The van der Waals surface area contributed by atoms with Gasteiger partial charge in [-0.15, -0.1) is 0 Å². The van der Waals surface area contributed by atoms with E-state index >= 15 is 0 Å². The maximum atomic E-state index is 12.5. The van der Waals surface area contributed by atoms with Gasteiger partial charge in [0.15, 0.2) is 0 Å². The van der Waals surface area contributed by atoms with Crippen molar-refractivity contribution in [3.05, 3.63) is 51.9 Å². The van der Waals surface area contributed by atoms with E-state index in [1.54, 1.807) is 0 Å². The summed E-state index contributed by atoms with van der Waals surface area (Å²) in [7, 11) is 0. The summed E-state index contributed by atoms with van der Waals surface area (Å²) in [6, 6.07) is 5.98. The van der Waals surface area contributed by atoms with Crippen LogP contribution in [0.2, 0.25) is 5.02 Å². The second-order valence-electron chi connectivity index (χ2n) is 4.24. The van der Waals surface area contributed by atoms with Gasteiger partial charge >= 0.3 is 6.18 Å². The molecule has 0 atom stereocenters. The van der Waals surface area contributed by atoms with E-state index in [4.69, 9.17) is 22.1 Å². The number of hydrogen-bond donors (Lipinski definition) is 0. The summed E-state index contributed by atoms with van der Waals surface area (Å²) in [5, 5.41) is 18.0. The molecule has 0 amide bonds. The average Bonchev–Trinajstić information content (AvgIpc) is 2.52. The Morgan fingerprint density at radius 1 is 1.13 bits per heavy atom. The van der Waals surface area contributed by atoms with Gasteiger partial charge in [-0.25, -0.2) is 4.98 Å². The fraction of sp³-hybridized carbons (Fsp3) is 0.143. The molecule has 2 aromatic rings. The smallest absolute Gasteiger partial charge is 0.258 e. The van der Waals surface area contributed by atoms with Crippen LogP contribution in [-0.2, 0) is 11.9 Å². The first-order valence-corrected chi connectivity index (χ1v) is 7.36. The number of thioether (sulfide) groups is 1. The largest absolute Gasteiger partial charge is 0.417 e. The van der Waals surface area contributed by atoms with Crippen LogP contribution in [0.25, 0.3) is 0 Å². The Morgan fingerprint density at radius 3 is 2.43 bits per heavy atom. The van der Waals surface area contributed by atoms with Crippen molar-refractivity contribution in [2.24, 2.45) is 0 Å². The molecule has 0 radical (unpaired) electrons. The van der Waals surface area contributed by atoms with Gasteiger partial charge in [0.05, 0.1) is 27.4 Å². The molecular weight excluding hydrogens is 349 g/mol. The minimum atomic E-state index is -4.51. The second kappa shape index (κ2) is 6.86. The lowest BCUT2D eigenvalue weighted by Crippen LogP contribution is -2.06. The highest BCUT2D eigenvalue weighted by Crippen LogP contribution is 2.33. The molecule has 0 spiro atoms. The topological polar surface area (TPSA) is 73.4 Å². The van der Waals surface area contributed by atoms with Gasteiger partial charge < -0.3 is 0 Å². The zero-order chi connectivity index (χ0) is 17.0. The highest BCUT2D eigenvalue weighted by atomic mass is 35.5. The number of rotatable bonds is 3. The molecule has 0 aliphatic rings. The molecule has 0 N–H and O–H groups in total. The fourth-order valence-electron chi connectivity index (χ4n) is 1.57. The predicted octanol–water partition coefficient (Wildman–Crippen LogP) is 4.18. The third-order valence-corrected chi connectivity index (χ3v) is 4.03. The summed E-state index contributed by atoms with van der Waals surface area (Å²) in [6.07, 6.45) is -2.49. The third-order valence-electron chi connectivity index (χ3n) is 2.69. The SMILES string of the molecule is N#Cc1cnc(SCc2ncc(C(F)(F)F)cc2Cl)c(C#N)c1. The van der Waals surface area contributed by atoms with Crippen molar-refractivity contribution in [3.63, 3.8) is 0 Å². The number of hydrogen-bond acceptors (Lipinski definition) is 5. The van der Waals surface area contributed by atoms with Crippen LogP contribution in [0.1, 0.15) is 22.4 Å². The standard InChI is InChI=1S/C14H6ClF3N4S/c15-11-2-10(14(16,17)18)6-21-12(11)7-23-13-9(4-20)1-8(3-19)5-22-13/h1-2,5-6H,7H2. The Bertz CT molecular complexity index is 824. The van der Waals surface area contributed by atoms with Crippen molar-refractivity contribution < 1.29 is 13.2 Å². The van der Waals surface area contributed by atoms with E-state index in [-0.39, 0.29) is 27.6 Å². The van der Waals surface area contributed by atoms with Crippen molar-refractivity contribution in [2.45, 2.75) is 17.0 Å². The van der Waals surface area contributed by atoms with E-state index in [9.17, 15) is 13.2 Å². The minimum Gasteiger partial charge on any atom is -0.258 e. The molecule has 2 aromatic heterocycles. The molecule has 0 unspecified atom stereocenters. The molecular formula is C14H6ClF3N4S. The van der Waals surface area contributed by atoms with Gasteiger partial charge in [0.25, 0.3) is 0 Å². The van der Waals surface area contributed by atoms with Gasteiger partial charge in [0.1, 0.15) is 17.2 Å². The Labute approximate surface area is 138 Å². The summed E-state index contributed by atoms with van der Waals surface area (Å²) in [5.74, 6) is 0.143. The molecule has 0 aliphatic carbocycles. The zero-order valence-electron chi connectivity index (χ0n) is 11.2. The van der Waals surface area contributed by atoms with Crippen LogP contribution in [-0.4, -0.2) is 9.97 Å². The lowest BCUT2D eigenvalue weighted by atomic mass is 10.2. The highest BCUT2D eigenvalue weighted by molar-refractivity contribution is 7.98. The van der Waals surface area contributed by atoms with Gasteiger partial charge in [0.2, 0.25) is 0 Å². The number of pyridine rings is 2. The molecule has 2 heterocycles. The lowest BCUT2D eigenvalue weighted by molar-refractivity contribution is -0.137. The van der Waals surface area contributed by atoms with Gasteiger partial charge in [-0.2, -0.15) is 23.7 Å². The molecule has 4 nitrogen and oxygen atoms in total. The second-order valence-corrected chi connectivity index (χ2v) is 5.61. The molecule has 116 valence electrons. The first-order chi connectivity index (χ1) is 10.8. The quantitative estimate of drug-likeness (QED) is 0.773. The molecule has 0 bridgehead atoms. The maximum Gasteiger partial charge on any atom is 0.417 e. The summed E-state index contributed by atoms with van der Waals surface area (Å²) in [5.41, 5.74) is -0.223. The van der Waals surface area contributed by atoms with E-state index in [2.05, 4.69) is 9.97 Å². The van der Waals surface area contributed by atoms with E-state index < -0.39 is 11.7 Å². The van der Waals surface area contributed by atoms with Crippen molar-refractivity contribution in [3.8, 4) is 12.1 Å².